The monoisotopic (exact) mass is 360 g/mol. The van der Waals surface area contributed by atoms with Crippen molar-refractivity contribution < 1.29 is 18.0 Å². The van der Waals surface area contributed by atoms with Gasteiger partial charge in [0.05, 0.1) is 12.0 Å². The quantitative estimate of drug-likeness (QED) is 0.671. The van der Waals surface area contributed by atoms with E-state index in [2.05, 4.69) is 15.2 Å². The fraction of sp³-hybridized carbons (Fsp3) is 0.389. The maximum absolute atomic E-state index is 13.0. The van der Waals surface area contributed by atoms with E-state index in [1.807, 2.05) is 24.3 Å². The van der Waals surface area contributed by atoms with Crippen LogP contribution in [0.5, 0.6) is 0 Å². The van der Waals surface area contributed by atoms with E-state index in [4.69, 9.17) is 9.26 Å². The Morgan fingerprint density at radius 2 is 2.08 bits per heavy atom. The maximum atomic E-state index is 13.0. The number of hydrogen-bond acceptors (Lipinski definition) is 5. The van der Waals surface area contributed by atoms with Gasteiger partial charge in [-0.25, -0.2) is 8.78 Å². The van der Waals surface area contributed by atoms with Crippen molar-refractivity contribution in [1.29, 1.82) is 0 Å². The zero-order chi connectivity index (χ0) is 18.3. The first kappa shape index (κ1) is 16.8. The molecule has 0 spiro atoms. The first-order valence-electron chi connectivity index (χ1n) is 8.29. The molecule has 0 atom stereocenters. The Hall–Kier alpha value is -2.61. The summed E-state index contributed by atoms with van der Waals surface area (Å²) in [5, 5.41) is 8.18. The molecule has 1 saturated carbocycles. The SMILES string of the molecule is COCc1ccccc1C1(c2noc(-c3cc(C(F)F)n(C)n3)n2)CC1. The Morgan fingerprint density at radius 3 is 2.73 bits per heavy atom. The number of halogens is 2. The second-order valence-corrected chi connectivity index (χ2v) is 6.47. The van der Waals surface area contributed by atoms with Crippen molar-refractivity contribution in [2.45, 2.75) is 31.3 Å². The lowest BCUT2D eigenvalue weighted by molar-refractivity contribution is 0.141. The van der Waals surface area contributed by atoms with Gasteiger partial charge < -0.3 is 9.26 Å². The van der Waals surface area contributed by atoms with Crippen LogP contribution in [0.3, 0.4) is 0 Å². The highest BCUT2D eigenvalue weighted by Gasteiger charge is 2.51. The minimum atomic E-state index is -2.61. The lowest BCUT2D eigenvalue weighted by atomic mass is 9.91. The molecule has 136 valence electrons. The highest BCUT2D eigenvalue weighted by atomic mass is 19.3. The molecule has 0 aliphatic heterocycles. The number of ether oxygens (including phenoxy) is 1. The van der Waals surface area contributed by atoms with E-state index in [0.717, 1.165) is 28.7 Å². The summed E-state index contributed by atoms with van der Waals surface area (Å²) in [5.74, 6) is 0.707. The summed E-state index contributed by atoms with van der Waals surface area (Å²) >= 11 is 0. The Bertz CT molecular complexity index is 931. The number of nitrogens with zero attached hydrogens (tertiary/aromatic N) is 4. The standard InChI is InChI=1S/C18H18F2N4O2/c1-24-14(15(19)20)9-13(22-24)16-21-17(23-26-16)18(7-8-18)12-6-4-3-5-11(12)10-25-2/h3-6,9,15H,7-8,10H2,1-2H3. The van der Waals surface area contributed by atoms with Gasteiger partial charge in [-0.1, -0.05) is 29.4 Å². The summed E-state index contributed by atoms with van der Waals surface area (Å²) in [6.45, 7) is 0.501. The average molecular weight is 360 g/mol. The third kappa shape index (κ3) is 2.70. The first-order valence-corrected chi connectivity index (χ1v) is 8.29. The number of methoxy groups -OCH3 is 1. The van der Waals surface area contributed by atoms with Crippen LogP contribution in [-0.2, 0) is 23.8 Å². The van der Waals surface area contributed by atoms with Crippen LogP contribution >= 0.6 is 0 Å². The molecule has 1 fully saturated rings. The molecule has 1 aliphatic rings. The van der Waals surface area contributed by atoms with Crippen LogP contribution in [0, 0.1) is 0 Å². The van der Waals surface area contributed by atoms with Gasteiger partial charge in [0.25, 0.3) is 12.3 Å². The van der Waals surface area contributed by atoms with E-state index in [9.17, 15) is 8.78 Å². The zero-order valence-corrected chi connectivity index (χ0v) is 14.4. The topological polar surface area (TPSA) is 66.0 Å². The van der Waals surface area contributed by atoms with Gasteiger partial charge >= 0.3 is 0 Å². The molecule has 2 heterocycles. The molecule has 0 unspecified atom stereocenters. The Labute approximate surface area is 148 Å². The van der Waals surface area contributed by atoms with Gasteiger partial charge in [-0.2, -0.15) is 10.1 Å². The van der Waals surface area contributed by atoms with Gasteiger partial charge in [0.1, 0.15) is 5.69 Å². The third-order valence-corrected chi connectivity index (χ3v) is 4.80. The molecule has 6 nitrogen and oxygen atoms in total. The highest BCUT2D eigenvalue weighted by Crippen LogP contribution is 2.53. The fourth-order valence-electron chi connectivity index (χ4n) is 3.32. The summed E-state index contributed by atoms with van der Waals surface area (Å²) in [6.07, 6.45) is -0.812. The summed E-state index contributed by atoms with van der Waals surface area (Å²) in [7, 11) is 3.12. The second-order valence-electron chi connectivity index (χ2n) is 6.47. The first-order chi connectivity index (χ1) is 12.5. The van der Waals surface area contributed by atoms with Crippen LogP contribution in [0.1, 0.15) is 41.9 Å². The second kappa shape index (κ2) is 6.28. The zero-order valence-electron chi connectivity index (χ0n) is 14.4. The van der Waals surface area contributed by atoms with Crippen molar-refractivity contribution in [1.82, 2.24) is 19.9 Å². The lowest BCUT2D eigenvalue weighted by Gasteiger charge is -2.15. The number of aryl methyl sites for hydroxylation is 1. The molecule has 3 aromatic rings. The largest absolute Gasteiger partial charge is 0.380 e. The molecule has 26 heavy (non-hydrogen) atoms. The Kier molecular flexibility index (Phi) is 4.07. The van der Waals surface area contributed by atoms with Crippen LogP contribution in [0.25, 0.3) is 11.6 Å². The van der Waals surface area contributed by atoms with Crippen molar-refractivity contribution in [2.24, 2.45) is 7.05 Å². The van der Waals surface area contributed by atoms with Gasteiger partial charge in [-0.15, -0.1) is 0 Å². The molecular formula is C18H18F2N4O2. The number of benzene rings is 1. The summed E-state index contributed by atoms with van der Waals surface area (Å²) in [6, 6.07) is 9.29. The normalized spacial score (nSPS) is 15.6. The van der Waals surface area contributed by atoms with Crippen molar-refractivity contribution in [2.75, 3.05) is 7.11 Å². The lowest BCUT2D eigenvalue weighted by Crippen LogP contribution is -2.14. The van der Waals surface area contributed by atoms with Gasteiger partial charge in [0.2, 0.25) is 0 Å². The molecule has 0 amide bonds. The van der Waals surface area contributed by atoms with Gasteiger partial charge in [0, 0.05) is 14.2 Å². The van der Waals surface area contributed by atoms with Crippen LogP contribution < -0.4 is 0 Å². The predicted octanol–water partition coefficient (Wildman–Crippen LogP) is 3.63. The Morgan fingerprint density at radius 1 is 1.31 bits per heavy atom. The molecule has 0 saturated heterocycles. The summed E-state index contributed by atoms with van der Waals surface area (Å²) < 4.78 is 37.7. The Balaban J connectivity index is 1.69. The van der Waals surface area contributed by atoms with E-state index in [1.54, 1.807) is 7.11 Å². The molecule has 0 bridgehead atoms. The van der Waals surface area contributed by atoms with Gasteiger partial charge in [-0.3, -0.25) is 4.68 Å². The summed E-state index contributed by atoms with van der Waals surface area (Å²) in [5.41, 5.74) is 1.95. The van der Waals surface area contributed by atoms with Gasteiger partial charge in [0.15, 0.2) is 11.5 Å². The van der Waals surface area contributed by atoms with Crippen molar-refractivity contribution in [3.05, 3.63) is 53.0 Å². The van der Waals surface area contributed by atoms with E-state index in [-0.39, 0.29) is 22.7 Å². The number of aromatic nitrogens is 4. The van der Waals surface area contributed by atoms with E-state index in [1.165, 1.54) is 13.1 Å². The molecule has 4 rings (SSSR count). The average Bonchev–Trinajstić information content (AvgIpc) is 3.09. The molecule has 1 aliphatic carbocycles. The minimum Gasteiger partial charge on any atom is -0.380 e. The van der Waals surface area contributed by atoms with E-state index in [0.29, 0.717) is 12.4 Å². The van der Waals surface area contributed by atoms with Crippen molar-refractivity contribution in [3.63, 3.8) is 0 Å². The fourth-order valence-corrected chi connectivity index (χ4v) is 3.32. The molecular weight excluding hydrogens is 342 g/mol. The van der Waals surface area contributed by atoms with Crippen LogP contribution in [0.4, 0.5) is 8.78 Å². The molecule has 2 aromatic heterocycles. The van der Waals surface area contributed by atoms with Crippen LogP contribution in [0.15, 0.2) is 34.9 Å². The predicted molar refractivity (Wildman–Crippen MR) is 88.6 cm³/mol. The number of hydrogen-bond donors (Lipinski definition) is 0. The smallest absolute Gasteiger partial charge is 0.280 e. The van der Waals surface area contributed by atoms with Crippen LogP contribution in [0.2, 0.25) is 0 Å². The molecule has 1 aromatic carbocycles. The third-order valence-electron chi connectivity index (χ3n) is 4.80. The summed E-state index contributed by atoms with van der Waals surface area (Å²) in [4.78, 5) is 4.47. The molecule has 0 radical (unpaired) electrons. The highest BCUT2D eigenvalue weighted by molar-refractivity contribution is 5.50. The van der Waals surface area contributed by atoms with E-state index < -0.39 is 6.43 Å². The maximum Gasteiger partial charge on any atom is 0.280 e. The molecule has 0 N–H and O–H groups in total. The van der Waals surface area contributed by atoms with Crippen molar-refractivity contribution >= 4 is 0 Å². The minimum absolute atomic E-state index is 0.151. The molecule has 8 heteroatoms. The number of alkyl halides is 2. The van der Waals surface area contributed by atoms with E-state index >= 15 is 0 Å². The van der Waals surface area contributed by atoms with Gasteiger partial charge in [-0.05, 0) is 30.0 Å². The van der Waals surface area contributed by atoms with Crippen LogP contribution in [-0.4, -0.2) is 27.0 Å². The number of rotatable bonds is 6. The van der Waals surface area contributed by atoms with Crippen molar-refractivity contribution in [3.8, 4) is 11.6 Å².